The summed E-state index contributed by atoms with van der Waals surface area (Å²) in [6.45, 7) is 6.13. The summed E-state index contributed by atoms with van der Waals surface area (Å²) in [7, 11) is 1.73. The number of amides is 1. The number of carbonyl (C=O) groups excluding carboxylic acids is 1. The van der Waals surface area contributed by atoms with Gasteiger partial charge >= 0.3 is 0 Å². The largest absolute Gasteiger partial charge is 0.383 e. The van der Waals surface area contributed by atoms with Crippen LogP contribution in [0.2, 0.25) is 0 Å². The molecule has 5 nitrogen and oxygen atoms in total. The molecule has 6 heteroatoms. The summed E-state index contributed by atoms with van der Waals surface area (Å²) >= 11 is 1.52. The van der Waals surface area contributed by atoms with Crippen molar-refractivity contribution in [2.45, 2.75) is 13.0 Å². The van der Waals surface area contributed by atoms with Gasteiger partial charge in [-0.15, -0.1) is 11.3 Å². The van der Waals surface area contributed by atoms with Crippen LogP contribution < -0.4 is 0 Å². The van der Waals surface area contributed by atoms with E-state index in [4.69, 9.17) is 4.74 Å². The molecule has 1 atom stereocenters. The van der Waals surface area contributed by atoms with E-state index in [0.717, 1.165) is 43.4 Å². The first-order valence-corrected chi connectivity index (χ1v) is 9.10. The number of hydrogen-bond acceptors (Lipinski definition) is 5. The van der Waals surface area contributed by atoms with E-state index in [1.807, 2.05) is 40.6 Å². The molecule has 2 aromatic rings. The molecule has 1 aliphatic heterocycles. The van der Waals surface area contributed by atoms with Crippen LogP contribution in [0.4, 0.5) is 0 Å². The first kappa shape index (κ1) is 17.1. The summed E-state index contributed by atoms with van der Waals surface area (Å²) in [5, 5.41) is 2.76. The van der Waals surface area contributed by atoms with E-state index in [1.54, 1.807) is 7.11 Å². The van der Waals surface area contributed by atoms with Gasteiger partial charge in [0, 0.05) is 50.3 Å². The van der Waals surface area contributed by atoms with Crippen molar-refractivity contribution in [2.24, 2.45) is 0 Å². The number of aromatic nitrogens is 1. The van der Waals surface area contributed by atoms with Gasteiger partial charge in [0.1, 0.15) is 10.7 Å². The van der Waals surface area contributed by atoms with Crippen molar-refractivity contribution < 1.29 is 9.53 Å². The number of hydrogen-bond donors (Lipinski definition) is 0. The summed E-state index contributed by atoms with van der Waals surface area (Å²) in [4.78, 5) is 21.5. The lowest BCUT2D eigenvalue weighted by molar-refractivity contribution is 0.0445. The Bertz CT molecular complexity index is 666. The van der Waals surface area contributed by atoms with Gasteiger partial charge in [0.05, 0.1) is 6.61 Å². The van der Waals surface area contributed by atoms with E-state index < -0.39 is 0 Å². The standard InChI is InChI=1S/C18H23N3O2S/c1-14(12-23-2)20-8-10-21(11-9-20)18(22)16-13-24-17(19-16)15-6-4-3-5-7-15/h3-7,13-14H,8-12H2,1-2H3/t14-/m1/s1. The minimum Gasteiger partial charge on any atom is -0.383 e. The molecule has 1 aromatic heterocycles. The number of carbonyl (C=O) groups is 1. The van der Waals surface area contributed by atoms with Gasteiger partial charge in [0.25, 0.3) is 5.91 Å². The zero-order valence-electron chi connectivity index (χ0n) is 14.1. The summed E-state index contributed by atoms with van der Waals surface area (Å²) in [5.41, 5.74) is 1.61. The van der Waals surface area contributed by atoms with E-state index in [9.17, 15) is 4.79 Å². The molecular weight excluding hydrogens is 322 g/mol. The Labute approximate surface area is 146 Å². The van der Waals surface area contributed by atoms with Gasteiger partial charge in [0.2, 0.25) is 0 Å². The third kappa shape index (κ3) is 3.83. The van der Waals surface area contributed by atoms with Gasteiger partial charge in [-0.3, -0.25) is 9.69 Å². The van der Waals surface area contributed by atoms with Crippen molar-refractivity contribution in [1.82, 2.24) is 14.8 Å². The van der Waals surface area contributed by atoms with Gasteiger partial charge in [-0.25, -0.2) is 4.98 Å². The predicted octanol–water partition coefficient (Wildman–Crippen LogP) is 2.60. The fourth-order valence-corrected chi connectivity index (χ4v) is 3.76. The number of nitrogens with zero attached hydrogens (tertiary/aromatic N) is 3. The molecule has 0 N–H and O–H groups in total. The third-order valence-corrected chi connectivity index (χ3v) is 5.27. The SMILES string of the molecule is COC[C@@H](C)N1CCN(C(=O)c2csc(-c3ccccc3)n2)CC1. The van der Waals surface area contributed by atoms with Crippen molar-refractivity contribution in [1.29, 1.82) is 0 Å². The van der Waals surface area contributed by atoms with Crippen molar-refractivity contribution >= 4 is 17.2 Å². The van der Waals surface area contributed by atoms with Gasteiger partial charge in [0.15, 0.2) is 0 Å². The second-order valence-corrected chi connectivity index (χ2v) is 6.89. The smallest absolute Gasteiger partial charge is 0.273 e. The van der Waals surface area contributed by atoms with Crippen molar-refractivity contribution in [3.8, 4) is 10.6 Å². The van der Waals surface area contributed by atoms with Gasteiger partial charge in [-0.1, -0.05) is 30.3 Å². The fourth-order valence-electron chi connectivity index (χ4n) is 2.96. The molecule has 1 amide bonds. The molecule has 0 saturated carbocycles. The monoisotopic (exact) mass is 345 g/mol. The lowest BCUT2D eigenvalue weighted by Crippen LogP contribution is -2.52. The normalized spacial score (nSPS) is 17.0. The molecule has 24 heavy (non-hydrogen) atoms. The highest BCUT2D eigenvalue weighted by Gasteiger charge is 2.26. The Balaban J connectivity index is 1.61. The van der Waals surface area contributed by atoms with Gasteiger partial charge in [-0.2, -0.15) is 0 Å². The number of thiazole rings is 1. The van der Waals surface area contributed by atoms with Gasteiger partial charge in [-0.05, 0) is 6.92 Å². The quantitative estimate of drug-likeness (QED) is 0.836. The molecule has 1 aliphatic rings. The van der Waals surface area contributed by atoms with Crippen molar-refractivity contribution in [2.75, 3.05) is 39.9 Å². The predicted molar refractivity (Wildman–Crippen MR) is 96.4 cm³/mol. The highest BCUT2D eigenvalue weighted by Crippen LogP contribution is 2.24. The lowest BCUT2D eigenvalue weighted by Gasteiger charge is -2.37. The molecule has 1 fully saturated rings. The molecule has 0 bridgehead atoms. The van der Waals surface area contributed by atoms with Crippen LogP contribution in [0.25, 0.3) is 10.6 Å². The second kappa shape index (κ2) is 7.88. The van der Waals surface area contributed by atoms with Crippen LogP contribution in [0.5, 0.6) is 0 Å². The molecule has 1 aromatic carbocycles. The van der Waals surface area contributed by atoms with E-state index >= 15 is 0 Å². The number of benzene rings is 1. The molecule has 0 unspecified atom stereocenters. The van der Waals surface area contributed by atoms with Crippen LogP contribution in [0.1, 0.15) is 17.4 Å². The van der Waals surface area contributed by atoms with Crippen LogP contribution >= 0.6 is 11.3 Å². The molecule has 1 saturated heterocycles. The zero-order valence-corrected chi connectivity index (χ0v) is 15.0. The Morgan fingerprint density at radius 3 is 2.62 bits per heavy atom. The molecule has 3 rings (SSSR count). The van der Waals surface area contributed by atoms with E-state index in [-0.39, 0.29) is 5.91 Å². The van der Waals surface area contributed by atoms with Gasteiger partial charge < -0.3 is 9.64 Å². The van der Waals surface area contributed by atoms with Crippen molar-refractivity contribution in [3.05, 3.63) is 41.4 Å². The number of ether oxygens (including phenoxy) is 1. The molecular formula is C18H23N3O2S. The topological polar surface area (TPSA) is 45.7 Å². The number of methoxy groups -OCH3 is 1. The van der Waals surface area contributed by atoms with Crippen LogP contribution in [0.15, 0.2) is 35.7 Å². The maximum Gasteiger partial charge on any atom is 0.273 e. The summed E-state index contributed by atoms with van der Waals surface area (Å²) in [6.07, 6.45) is 0. The van der Waals surface area contributed by atoms with E-state index in [0.29, 0.717) is 11.7 Å². The minimum absolute atomic E-state index is 0.0347. The van der Waals surface area contributed by atoms with Crippen molar-refractivity contribution in [3.63, 3.8) is 0 Å². The van der Waals surface area contributed by atoms with E-state index in [2.05, 4.69) is 16.8 Å². The average molecular weight is 345 g/mol. The number of piperazine rings is 1. The second-order valence-electron chi connectivity index (χ2n) is 6.04. The van der Waals surface area contributed by atoms with Crippen LogP contribution in [-0.2, 0) is 4.74 Å². The van der Waals surface area contributed by atoms with Crippen LogP contribution in [0, 0.1) is 0 Å². The van der Waals surface area contributed by atoms with Crippen LogP contribution in [-0.4, -0.2) is 66.6 Å². The summed E-state index contributed by atoms with van der Waals surface area (Å²) in [6, 6.07) is 10.4. The minimum atomic E-state index is 0.0347. The highest BCUT2D eigenvalue weighted by molar-refractivity contribution is 7.13. The molecule has 0 radical (unpaired) electrons. The Morgan fingerprint density at radius 2 is 1.96 bits per heavy atom. The highest BCUT2D eigenvalue weighted by atomic mass is 32.1. The first-order chi connectivity index (χ1) is 11.7. The summed E-state index contributed by atoms with van der Waals surface area (Å²) < 4.78 is 5.21. The fraction of sp³-hybridized carbons (Fsp3) is 0.444. The Morgan fingerprint density at radius 1 is 1.25 bits per heavy atom. The third-order valence-electron chi connectivity index (χ3n) is 4.38. The van der Waals surface area contributed by atoms with E-state index in [1.165, 1.54) is 11.3 Å². The first-order valence-electron chi connectivity index (χ1n) is 8.22. The Kier molecular flexibility index (Phi) is 5.60. The lowest BCUT2D eigenvalue weighted by atomic mass is 10.2. The molecule has 128 valence electrons. The molecule has 2 heterocycles. The maximum atomic E-state index is 12.7. The molecule has 0 aliphatic carbocycles. The van der Waals surface area contributed by atoms with Crippen LogP contribution in [0.3, 0.4) is 0 Å². The molecule has 0 spiro atoms. The summed E-state index contributed by atoms with van der Waals surface area (Å²) in [5.74, 6) is 0.0347. The average Bonchev–Trinajstić information content (AvgIpc) is 3.12. The maximum absolute atomic E-state index is 12.7. The zero-order chi connectivity index (χ0) is 16.9. The Hall–Kier alpha value is -1.76. The number of rotatable bonds is 5.